The lowest BCUT2D eigenvalue weighted by molar-refractivity contribution is -0.174. The minimum atomic E-state index is -5.20. The lowest BCUT2D eigenvalue weighted by Crippen LogP contribution is -2.53. The van der Waals surface area contributed by atoms with Crippen LogP contribution < -0.4 is 16.4 Å². The van der Waals surface area contributed by atoms with E-state index in [1.807, 2.05) is 141 Å². The van der Waals surface area contributed by atoms with Crippen molar-refractivity contribution in [3.63, 3.8) is 0 Å². The molecule has 4 aliphatic rings. The average molecular weight is 1440 g/mol. The molecule has 4 unspecified atom stereocenters. The maximum absolute atomic E-state index is 14.6. The number of carbonyl (C=O) groups is 4. The fraction of sp³-hybridized carbons (Fsp3) is 0.247. The standard InChI is InChI=1S/C85H75F3N16O4/c1-53(3-26-78-94-46-75(98(78)2)58-6-4-54(43-89)5-7-58)55-8-14-60(15-9-55)83(107)102-36-32-74(97-84(108)85(86,87)88)72(52-102)70-42-63(21-23-65(70)45-91)77-48-96-80-28-25-67(50-104(77)80)57-12-18-61(19-13-57)82(106)101-35-31-73(92)71(51-101)69-41-62(20-22-64(69)44-90)76-47-95-79-27-24-66(49-103(76)79)56-10-16-59(17-11-56)81(105)100-39-37-99(38-40-100)68-29-33-93-34-30-68/h3-28,41-42,46-50,68,71-74,93H,1,29-40,51-52,92H2,2H3,(H,97,108)/b26-3-. The molecule has 4 fully saturated rings. The van der Waals surface area contributed by atoms with Crippen molar-refractivity contribution in [2.45, 2.75) is 61.8 Å². The van der Waals surface area contributed by atoms with Gasteiger partial charge in [-0.15, -0.1) is 0 Å². The van der Waals surface area contributed by atoms with Gasteiger partial charge in [-0.25, -0.2) is 15.0 Å². The molecular formula is C85H75F3N16O4. The third-order valence-electron chi connectivity index (χ3n) is 21.8. The average Bonchev–Trinajstić information content (AvgIpc) is 1.50. The number of imidazole rings is 3. The smallest absolute Gasteiger partial charge is 0.345 e. The van der Waals surface area contributed by atoms with Gasteiger partial charge in [-0.3, -0.25) is 32.9 Å². The zero-order chi connectivity index (χ0) is 74.9. The molecular weight excluding hydrogens is 1370 g/mol. The van der Waals surface area contributed by atoms with E-state index in [-0.39, 0.29) is 55.4 Å². The first kappa shape index (κ1) is 71.0. The van der Waals surface area contributed by atoms with Gasteiger partial charge in [-0.05, 0) is 192 Å². The van der Waals surface area contributed by atoms with Gasteiger partial charge in [0.2, 0.25) is 0 Å². The van der Waals surface area contributed by atoms with Gasteiger partial charge in [0.25, 0.3) is 17.7 Å². The molecule has 0 aliphatic carbocycles. The number of hydrogen-bond donors (Lipinski definition) is 3. The van der Waals surface area contributed by atoms with Gasteiger partial charge in [0, 0.05) is 130 Å². The van der Waals surface area contributed by atoms with Gasteiger partial charge in [-0.1, -0.05) is 73.3 Å². The first-order valence-corrected chi connectivity index (χ1v) is 36.1. The van der Waals surface area contributed by atoms with Crippen molar-refractivity contribution in [3.8, 4) is 74.2 Å². The molecule has 20 nitrogen and oxygen atoms in total. The van der Waals surface area contributed by atoms with Crippen molar-refractivity contribution in [3.05, 3.63) is 257 Å². The summed E-state index contributed by atoms with van der Waals surface area (Å²) in [5, 5.41) is 36.0. The highest BCUT2D eigenvalue weighted by Crippen LogP contribution is 2.38. The highest BCUT2D eigenvalue weighted by molar-refractivity contribution is 5.97. The Hall–Kier alpha value is -12.6. The van der Waals surface area contributed by atoms with E-state index in [0.29, 0.717) is 93.8 Å². The van der Waals surface area contributed by atoms with Crippen molar-refractivity contribution in [2.75, 3.05) is 65.4 Å². The number of carbonyl (C=O) groups excluding carboxylic acids is 4. The lowest BCUT2D eigenvalue weighted by atomic mass is 9.82. The Morgan fingerprint density at radius 3 is 1.55 bits per heavy atom. The number of likely N-dealkylation sites (tertiary alicyclic amines) is 2. The van der Waals surface area contributed by atoms with E-state index >= 15 is 0 Å². The summed E-state index contributed by atoms with van der Waals surface area (Å²) in [6, 6.07) is 53.3. The van der Waals surface area contributed by atoms with Crippen LogP contribution in [0.1, 0.15) is 108 Å². The normalized spacial score (nSPS) is 18.0. The number of hydrogen-bond acceptors (Lipinski definition) is 13. The monoisotopic (exact) mass is 1440 g/mol. The second-order valence-electron chi connectivity index (χ2n) is 28.1. The van der Waals surface area contributed by atoms with Crippen LogP contribution in [0.25, 0.3) is 79.0 Å². The van der Waals surface area contributed by atoms with Gasteiger partial charge in [0.1, 0.15) is 17.1 Å². The third-order valence-corrected chi connectivity index (χ3v) is 21.8. The Morgan fingerprint density at radius 1 is 0.537 bits per heavy atom. The van der Waals surface area contributed by atoms with Gasteiger partial charge >= 0.3 is 12.1 Å². The number of aromatic nitrogens is 6. The van der Waals surface area contributed by atoms with E-state index in [2.05, 4.69) is 50.3 Å². The molecule has 0 spiro atoms. The van der Waals surface area contributed by atoms with Crippen LogP contribution in [0.3, 0.4) is 0 Å². The molecule has 5 aromatic heterocycles. The summed E-state index contributed by atoms with van der Waals surface area (Å²) in [4.78, 5) is 77.1. The van der Waals surface area contributed by atoms with Crippen LogP contribution in [0.2, 0.25) is 0 Å². The zero-order valence-electron chi connectivity index (χ0n) is 59.2. The Kier molecular flexibility index (Phi) is 19.8. The van der Waals surface area contributed by atoms with Crippen LogP contribution in [0.15, 0.2) is 201 Å². The number of alkyl halides is 3. The molecule has 0 saturated carbocycles. The van der Waals surface area contributed by atoms with Gasteiger partial charge in [0.15, 0.2) is 0 Å². The molecule has 0 bridgehead atoms. The molecule has 6 aromatic carbocycles. The molecule has 9 heterocycles. The summed E-state index contributed by atoms with van der Waals surface area (Å²) in [5.74, 6) is -3.34. The van der Waals surface area contributed by atoms with E-state index in [1.54, 1.807) is 90.1 Å². The predicted octanol–water partition coefficient (Wildman–Crippen LogP) is 12.5. The zero-order valence-corrected chi connectivity index (χ0v) is 59.2. The van der Waals surface area contributed by atoms with Gasteiger partial charge in [0.05, 0.1) is 70.6 Å². The molecule has 15 rings (SSSR count). The highest BCUT2D eigenvalue weighted by Gasteiger charge is 2.44. The second kappa shape index (κ2) is 30.1. The summed E-state index contributed by atoms with van der Waals surface area (Å²) >= 11 is 0. The van der Waals surface area contributed by atoms with E-state index in [0.717, 1.165) is 101 Å². The van der Waals surface area contributed by atoms with E-state index in [4.69, 9.17) is 10.7 Å². The summed E-state index contributed by atoms with van der Waals surface area (Å²) in [5.41, 5.74) is 21.2. The fourth-order valence-corrected chi connectivity index (χ4v) is 15.6. The van der Waals surface area contributed by atoms with Crippen LogP contribution in [-0.4, -0.2) is 161 Å². The molecule has 4 saturated heterocycles. The number of amides is 4. The van der Waals surface area contributed by atoms with Crippen molar-refractivity contribution in [2.24, 2.45) is 12.8 Å². The summed E-state index contributed by atoms with van der Waals surface area (Å²) in [6.45, 7) is 10.1. The topological polar surface area (TPSA) is 255 Å². The van der Waals surface area contributed by atoms with Crippen molar-refractivity contribution in [1.29, 1.82) is 15.8 Å². The number of pyridine rings is 2. The molecule has 4 N–H and O–H groups in total. The van der Waals surface area contributed by atoms with Crippen LogP contribution >= 0.6 is 0 Å². The quantitative estimate of drug-likeness (QED) is 0.0808. The maximum atomic E-state index is 14.6. The predicted molar refractivity (Wildman–Crippen MR) is 405 cm³/mol. The van der Waals surface area contributed by atoms with Crippen molar-refractivity contribution >= 4 is 46.6 Å². The number of halogens is 3. The summed E-state index contributed by atoms with van der Waals surface area (Å²) in [6.07, 6.45) is 10.3. The molecule has 108 heavy (non-hydrogen) atoms. The Bertz CT molecular complexity index is 5470. The maximum Gasteiger partial charge on any atom is 0.471 e. The Balaban J connectivity index is 0.623. The van der Waals surface area contributed by atoms with Crippen molar-refractivity contribution < 1.29 is 32.3 Å². The number of nitriles is 3. The van der Waals surface area contributed by atoms with E-state index < -0.39 is 30.0 Å². The van der Waals surface area contributed by atoms with Crippen LogP contribution in [-0.2, 0) is 11.8 Å². The Labute approximate surface area is 621 Å². The minimum Gasteiger partial charge on any atom is -0.345 e. The third kappa shape index (κ3) is 14.4. The molecule has 4 aliphatic heterocycles. The molecule has 23 heteroatoms. The molecule has 4 amide bonds. The number of nitrogens with zero attached hydrogens (tertiary/aromatic N) is 13. The molecule has 11 aromatic rings. The summed E-state index contributed by atoms with van der Waals surface area (Å²) in [7, 11) is 1.88. The molecule has 4 atom stereocenters. The van der Waals surface area contributed by atoms with Crippen LogP contribution in [0.4, 0.5) is 13.2 Å². The number of piperidine rings is 3. The largest absolute Gasteiger partial charge is 0.471 e. The van der Waals surface area contributed by atoms with Gasteiger partial charge in [-0.2, -0.15) is 29.0 Å². The van der Waals surface area contributed by atoms with E-state index in [1.165, 1.54) is 4.90 Å². The van der Waals surface area contributed by atoms with Crippen LogP contribution in [0.5, 0.6) is 0 Å². The van der Waals surface area contributed by atoms with Gasteiger partial charge < -0.3 is 35.6 Å². The SMILES string of the molecule is C=C(/C=C\c1ncc(-c2ccc(C#N)cc2)n1C)c1ccc(C(=O)N2CCC(NC(=O)C(F)(F)F)C(c3cc(-c4cnc5ccc(-c6ccc(C(=O)N7CCC(N)C(c8cc(-c9cnc%10ccc(-c%11ccc(C(=O)N%12CCN(C%13CCNCC%13)CC%12)cc%11)cn9%10)ccc8C#N)C7)cc6)cn45)ccc3C#N)C2)cc1. The number of fused-ring (bicyclic) bond motifs is 2. The number of allylic oxidation sites excluding steroid dienone is 2. The minimum absolute atomic E-state index is 0.0134. The number of benzene rings is 6. The lowest BCUT2D eigenvalue weighted by Gasteiger charge is -2.40. The Morgan fingerprint density at radius 2 is 1.01 bits per heavy atom. The first-order chi connectivity index (χ1) is 52.4. The highest BCUT2D eigenvalue weighted by atomic mass is 19.4. The number of nitrogens with two attached hydrogens (primary N) is 1. The fourth-order valence-electron chi connectivity index (χ4n) is 15.6. The molecule has 0 radical (unpaired) electrons. The summed E-state index contributed by atoms with van der Waals surface area (Å²) < 4.78 is 47.8. The number of nitrogens with one attached hydrogen (secondary N) is 2. The van der Waals surface area contributed by atoms with E-state index in [9.17, 15) is 48.1 Å². The number of piperazine rings is 1. The molecule has 540 valence electrons. The second-order valence-corrected chi connectivity index (χ2v) is 28.1. The first-order valence-electron chi connectivity index (χ1n) is 36.1. The van der Waals surface area contributed by atoms with Crippen molar-refractivity contribution in [1.82, 2.24) is 58.6 Å². The number of rotatable bonds is 15. The van der Waals surface area contributed by atoms with Crippen LogP contribution in [0, 0.1) is 34.0 Å².